The molecule has 4 N–H and O–H groups in total. The molecule has 0 unspecified atom stereocenters. The van der Waals surface area contributed by atoms with Crippen LogP contribution in [-0.4, -0.2) is 47.2 Å². The first kappa shape index (κ1) is 34.0. The van der Waals surface area contributed by atoms with Gasteiger partial charge in [-0.3, -0.25) is 19.2 Å². The zero-order valence-corrected chi connectivity index (χ0v) is 24.3. The van der Waals surface area contributed by atoms with Gasteiger partial charge in [0, 0.05) is 42.5 Å². The molecule has 206 valence electrons. The molecule has 0 saturated carbocycles. The van der Waals surface area contributed by atoms with Crippen LogP contribution in [0.15, 0.2) is 12.2 Å². The molecule has 2 atom stereocenters. The monoisotopic (exact) mass is 571 g/mol. The Balaban J connectivity index is 4.81. The number of carbonyl (C=O) groups excluding carboxylic acids is 5. The topological polar surface area (TPSA) is 135 Å². The van der Waals surface area contributed by atoms with Gasteiger partial charge in [-0.1, -0.05) is 70.0 Å². The van der Waals surface area contributed by atoms with Gasteiger partial charge < -0.3 is 16.4 Å². The highest BCUT2D eigenvalue weighted by molar-refractivity contribution is 9.09. The molecule has 0 heterocycles. The average Bonchev–Trinajstić information content (AvgIpc) is 2.79. The minimum Gasteiger partial charge on any atom is -0.352 e. The zero-order chi connectivity index (χ0) is 27.9. The van der Waals surface area contributed by atoms with E-state index in [0.717, 1.165) is 25.7 Å². The van der Waals surface area contributed by atoms with Gasteiger partial charge in [-0.2, -0.15) is 0 Å². The zero-order valence-electron chi connectivity index (χ0n) is 22.7. The standard InChI is InChI=1S/C27H46BrN3O5/c1-18(2)21(16-20(32)12-9-7-8-10-14-23(33)19(3)17-28)25(35)31-22(24(34)27(4,5)6)13-11-15-30-26(29)36/h18,21-22H,3,7-17H2,1-2,4-6H3,(H,31,35)(H3,29,30,36)/t21-,22-/m0/s1. The molecule has 0 rings (SSSR count). The molecule has 0 radical (unpaired) electrons. The third-order valence-electron chi connectivity index (χ3n) is 6.10. The van der Waals surface area contributed by atoms with Gasteiger partial charge in [-0.05, 0) is 37.2 Å². The number of allylic oxidation sites excluding steroid dienone is 1. The first-order chi connectivity index (χ1) is 16.7. The summed E-state index contributed by atoms with van der Waals surface area (Å²) in [5, 5.41) is 5.86. The molecule has 0 aromatic rings. The molecule has 36 heavy (non-hydrogen) atoms. The molecule has 0 aliphatic heterocycles. The third-order valence-corrected chi connectivity index (χ3v) is 6.77. The maximum absolute atomic E-state index is 13.1. The number of nitrogens with two attached hydrogens (primary N) is 1. The second-order valence-electron chi connectivity index (χ2n) is 10.8. The maximum atomic E-state index is 13.1. The Morgan fingerprint density at radius 3 is 2.03 bits per heavy atom. The molecule has 0 aromatic heterocycles. The van der Waals surface area contributed by atoms with Gasteiger partial charge >= 0.3 is 6.03 Å². The Labute approximate surface area is 225 Å². The van der Waals surface area contributed by atoms with Crippen LogP contribution in [0.5, 0.6) is 0 Å². The number of alkyl halides is 1. The van der Waals surface area contributed by atoms with Crippen molar-refractivity contribution in [2.45, 2.75) is 98.4 Å². The number of hydrogen-bond donors (Lipinski definition) is 3. The van der Waals surface area contributed by atoms with Gasteiger partial charge in [-0.25, -0.2) is 4.79 Å². The summed E-state index contributed by atoms with van der Waals surface area (Å²) in [5.41, 5.74) is 5.02. The molecule has 0 bridgehead atoms. The van der Waals surface area contributed by atoms with Crippen molar-refractivity contribution in [2.75, 3.05) is 11.9 Å². The number of unbranched alkanes of at least 4 members (excludes halogenated alkanes) is 3. The number of nitrogens with one attached hydrogen (secondary N) is 2. The summed E-state index contributed by atoms with van der Waals surface area (Å²) in [6.45, 7) is 13.2. The molecule has 0 aliphatic rings. The molecule has 0 fully saturated rings. The van der Waals surface area contributed by atoms with E-state index in [1.165, 1.54) is 0 Å². The van der Waals surface area contributed by atoms with E-state index in [1.54, 1.807) is 20.8 Å². The van der Waals surface area contributed by atoms with Gasteiger partial charge in [-0.15, -0.1) is 0 Å². The minimum atomic E-state index is -0.702. The van der Waals surface area contributed by atoms with Crippen LogP contribution in [0.2, 0.25) is 0 Å². The number of Topliss-reactive ketones (excluding diaryl/α,β-unsaturated/α-hetero) is 3. The fraction of sp³-hybridized carbons (Fsp3) is 0.741. The van der Waals surface area contributed by atoms with E-state index in [9.17, 15) is 24.0 Å². The van der Waals surface area contributed by atoms with Crippen molar-refractivity contribution < 1.29 is 24.0 Å². The number of primary amides is 1. The SMILES string of the molecule is C=C(CBr)C(=O)CCCCCCC(=O)C[C@H](C(=O)N[C@@H](CCCNC(N)=O)C(=O)C(C)(C)C)C(C)C. The lowest BCUT2D eigenvalue weighted by Gasteiger charge is -2.28. The predicted molar refractivity (Wildman–Crippen MR) is 147 cm³/mol. The van der Waals surface area contributed by atoms with Crippen molar-refractivity contribution in [3.8, 4) is 0 Å². The number of rotatable bonds is 19. The van der Waals surface area contributed by atoms with Gasteiger partial charge in [0.25, 0.3) is 0 Å². The van der Waals surface area contributed by atoms with Crippen molar-refractivity contribution in [1.29, 1.82) is 0 Å². The van der Waals surface area contributed by atoms with Crippen LogP contribution in [0.1, 0.15) is 92.4 Å². The van der Waals surface area contributed by atoms with E-state index in [1.807, 2.05) is 13.8 Å². The van der Waals surface area contributed by atoms with Crippen LogP contribution in [0.4, 0.5) is 4.79 Å². The summed E-state index contributed by atoms with van der Waals surface area (Å²) in [7, 11) is 0. The highest BCUT2D eigenvalue weighted by Crippen LogP contribution is 2.22. The van der Waals surface area contributed by atoms with Crippen molar-refractivity contribution in [3.63, 3.8) is 0 Å². The van der Waals surface area contributed by atoms with E-state index >= 15 is 0 Å². The van der Waals surface area contributed by atoms with E-state index in [-0.39, 0.29) is 35.6 Å². The highest BCUT2D eigenvalue weighted by Gasteiger charge is 2.33. The van der Waals surface area contributed by atoms with E-state index in [0.29, 0.717) is 43.1 Å². The predicted octanol–water partition coefficient (Wildman–Crippen LogP) is 4.63. The Hall–Kier alpha value is -2.03. The van der Waals surface area contributed by atoms with Crippen LogP contribution >= 0.6 is 15.9 Å². The Morgan fingerprint density at radius 1 is 0.944 bits per heavy atom. The quantitative estimate of drug-likeness (QED) is 0.118. The summed E-state index contributed by atoms with van der Waals surface area (Å²) in [6, 6.07) is -1.34. The van der Waals surface area contributed by atoms with Crippen molar-refractivity contribution in [1.82, 2.24) is 10.6 Å². The summed E-state index contributed by atoms with van der Waals surface area (Å²) in [6.07, 6.45) is 5.05. The summed E-state index contributed by atoms with van der Waals surface area (Å²) >= 11 is 3.23. The molecule has 0 spiro atoms. The normalized spacial score (nSPS) is 13.1. The fourth-order valence-electron chi connectivity index (χ4n) is 3.78. The highest BCUT2D eigenvalue weighted by atomic mass is 79.9. The van der Waals surface area contributed by atoms with Crippen molar-refractivity contribution in [3.05, 3.63) is 12.2 Å². The number of ketones is 3. The van der Waals surface area contributed by atoms with Gasteiger partial charge in [0.15, 0.2) is 11.6 Å². The maximum Gasteiger partial charge on any atom is 0.312 e. The first-order valence-corrected chi connectivity index (χ1v) is 14.0. The van der Waals surface area contributed by atoms with E-state index in [2.05, 4.69) is 33.1 Å². The largest absolute Gasteiger partial charge is 0.352 e. The van der Waals surface area contributed by atoms with Crippen molar-refractivity contribution in [2.24, 2.45) is 23.0 Å². The van der Waals surface area contributed by atoms with E-state index in [4.69, 9.17) is 5.73 Å². The molecule has 9 heteroatoms. The molecule has 0 aromatic carbocycles. The summed E-state index contributed by atoms with van der Waals surface area (Å²) in [4.78, 5) is 61.3. The van der Waals surface area contributed by atoms with Gasteiger partial charge in [0.05, 0.1) is 6.04 Å². The minimum absolute atomic E-state index is 0.0250. The van der Waals surface area contributed by atoms with Crippen LogP contribution in [0.25, 0.3) is 0 Å². The number of urea groups is 1. The molecular formula is C27H46BrN3O5. The second kappa shape index (κ2) is 17.4. The molecule has 8 nitrogen and oxygen atoms in total. The lowest BCUT2D eigenvalue weighted by Crippen LogP contribution is -2.48. The Kier molecular flexibility index (Phi) is 16.4. The van der Waals surface area contributed by atoms with Crippen LogP contribution < -0.4 is 16.4 Å². The van der Waals surface area contributed by atoms with Crippen LogP contribution in [0.3, 0.4) is 0 Å². The van der Waals surface area contributed by atoms with Gasteiger partial charge in [0.1, 0.15) is 5.78 Å². The average molecular weight is 573 g/mol. The molecule has 0 saturated heterocycles. The van der Waals surface area contributed by atoms with Crippen molar-refractivity contribution >= 4 is 45.2 Å². The molecule has 3 amide bonds. The summed E-state index contributed by atoms with van der Waals surface area (Å²) in [5.74, 6) is -0.886. The lowest BCUT2D eigenvalue weighted by molar-refractivity contribution is -0.136. The Morgan fingerprint density at radius 2 is 1.53 bits per heavy atom. The van der Waals surface area contributed by atoms with Crippen LogP contribution in [0, 0.1) is 17.3 Å². The Bertz CT molecular complexity index is 774. The van der Waals surface area contributed by atoms with E-state index < -0.39 is 23.4 Å². The third kappa shape index (κ3) is 14.5. The number of carbonyl (C=O) groups is 5. The smallest absolute Gasteiger partial charge is 0.312 e. The number of amides is 3. The second-order valence-corrected chi connectivity index (χ2v) is 11.3. The molecular weight excluding hydrogens is 526 g/mol. The van der Waals surface area contributed by atoms with Crippen LogP contribution in [-0.2, 0) is 19.2 Å². The molecule has 0 aliphatic carbocycles. The number of halogens is 1. The summed E-state index contributed by atoms with van der Waals surface area (Å²) < 4.78 is 0. The fourth-order valence-corrected chi connectivity index (χ4v) is 4.09. The lowest BCUT2D eigenvalue weighted by atomic mass is 9.83. The first-order valence-electron chi connectivity index (χ1n) is 12.9. The van der Waals surface area contributed by atoms with Gasteiger partial charge in [0.2, 0.25) is 5.91 Å². The number of hydrogen-bond acceptors (Lipinski definition) is 5.